The molecule has 0 unspecified atom stereocenters. The highest BCUT2D eigenvalue weighted by Gasteiger charge is 2.35. The van der Waals surface area contributed by atoms with Gasteiger partial charge in [0.1, 0.15) is 5.82 Å². The molecule has 0 amide bonds. The zero-order valence-electron chi connectivity index (χ0n) is 12.9. The van der Waals surface area contributed by atoms with Gasteiger partial charge in [-0.2, -0.15) is 4.31 Å². The first kappa shape index (κ1) is 16.4. The number of fused-ring (bicyclic) bond motifs is 1. The van der Waals surface area contributed by atoms with Gasteiger partial charge in [-0.05, 0) is 25.1 Å². The Bertz CT molecular complexity index is 819. The number of benzene rings is 1. The van der Waals surface area contributed by atoms with E-state index in [9.17, 15) is 8.42 Å². The van der Waals surface area contributed by atoms with Crippen LogP contribution in [-0.4, -0.2) is 35.9 Å². The van der Waals surface area contributed by atoms with Crippen molar-refractivity contribution < 1.29 is 13.2 Å². The van der Waals surface area contributed by atoms with Gasteiger partial charge in [-0.15, -0.1) is 0 Å². The summed E-state index contributed by atoms with van der Waals surface area (Å²) < 4.78 is 34.4. The van der Waals surface area contributed by atoms with Crippen LogP contribution in [0.25, 0.3) is 0 Å². The number of imidazole rings is 1. The van der Waals surface area contributed by atoms with Crippen molar-refractivity contribution in [2.75, 3.05) is 13.7 Å². The van der Waals surface area contributed by atoms with Crippen LogP contribution < -0.4 is 0 Å². The van der Waals surface area contributed by atoms with Crippen molar-refractivity contribution in [3.05, 3.63) is 47.0 Å². The Morgan fingerprint density at radius 2 is 2.17 bits per heavy atom. The summed E-state index contributed by atoms with van der Waals surface area (Å²) in [6.45, 7) is 3.24. The van der Waals surface area contributed by atoms with E-state index in [1.165, 1.54) is 10.4 Å². The molecule has 8 heteroatoms. The van der Waals surface area contributed by atoms with E-state index in [0.29, 0.717) is 24.7 Å². The van der Waals surface area contributed by atoms with Crippen LogP contribution in [0.1, 0.15) is 24.5 Å². The van der Waals surface area contributed by atoms with Crippen LogP contribution in [-0.2, 0) is 27.9 Å². The van der Waals surface area contributed by atoms with Gasteiger partial charge in [0.25, 0.3) is 0 Å². The summed E-state index contributed by atoms with van der Waals surface area (Å²) in [5.41, 5.74) is 0.953. The van der Waals surface area contributed by atoms with Crippen LogP contribution in [0, 0.1) is 0 Å². The van der Waals surface area contributed by atoms with Gasteiger partial charge in [0.2, 0.25) is 10.0 Å². The predicted molar refractivity (Wildman–Crippen MR) is 86.7 cm³/mol. The minimum absolute atomic E-state index is 0.203. The lowest BCUT2D eigenvalue weighted by atomic mass is 10.2. The number of hydrogen-bond acceptors (Lipinski definition) is 4. The van der Waals surface area contributed by atoms with E-state index in [1.807, 2.05) is 11.5 Å². The smallest absolute Gasteiger partial charge is 0.243 e. The lowest BCUT2D eigenvalue weighted by molar-refractivity contribution is 0.173. The maximum Gasteiger partial charge on any atom is 0.243 e. The van der Waals surface area contributed by atoms with Crippen molar-refractivity contribution in [2.45, 2.75) is 31.0 Å². The van der Waals surface area contributed by atoms with Crippen LogP contribution in [0.2, 0.25) is 5.02 Å². The number of sulfonamides is 1. The summed E-state index contributed by atoms with van der Waals surface area (Å²) in [4.78, 5) is 4.58. The summed E-state index contributed by atoms with van der Waals surface area (Å²) in [5.74, 6) is 0.730. The van der Waals surface area contributed by atoms with Crippen molar-refractivity contribution in [1.82, 2.24) is 13.9 Å². The second kappa shape index (κ2) is 6.24. The lowest BCUT2D eigenvalue weighted by Gasteiger charge is -2.33. The molecule has 6 nitrogen and oxygen atoms in total. The third-order valence-electron chi connectivity index (χ3n) is 4.01. The SMILES string of the molecule is COCc1cnc2n1CCN(S(=O)(=O)c1cccc(Cl)c1)[C@H]2C. The molecule has 0 saturated carbocycles. The number of aromatic nitrogens is 2. The van der Waals surface area contributed by atoms with E-state index >= 15 is 0 Å². The molecule has 23 heavy (non-hydrogen) atoms. The second-order valence-corrected chi connectivity index (χ2v) is 7.77. The lowest BCUT2D eigenvalue weighted by Crippen LogP contribution is -2.41. The summed E-state index contributed by atoms with van der Waals surface area (Å²) in [7, 11) is -1.99. The highest BCUT2D eigenvalue weighted by atomic mass is 35.5. The summed E-state index contributed by atoms with van der Waals surface area (Å²) in [6, 6.07) is 5.98. The van der Waals surface area contributed by atoms with Gasteiger partial charge in [-0.25, -0.2) is 13.4 Å². The molecule has 0 fully saturated rings. The maximum atomic E-state index is 12.9. The first-order chi connectivity index (χ1) is 10.9. The highest BCUT2D eigenvalue weighted by molar-refractivity contribution is 7.89. The van der Waals surface area contributed by atoms with Gasteiger partial charge in [0.05, 0.1) is 29.4 Å². The molecular weight excluding hydrogens is 338 g/mol. The van der Waals surface area contributed by atoms with Gasteiger partial charge in [0, 0.05) is 25.2 Å². The molecule has 0 spiro atoms. The van der Waals surface area contributed by atoms with Crippen LogP contribution in [0.15, 0.2) is 35.4 Å². The number of halogens is 1. The van der Waals surface area contributed by atoms with Crippen LogP contribution in [0.3, 0.4) is 0 Å². The molecule has 1 aliphatic heterocycles. The topological polar surface area (TPSA) is 64.4 Å². The molecule has 0 radical (unpaired) electrons. The van der Waals surface area contributed by atoms with E-state index in [2.05, 4.69) is 4.98 Å². The predicted octanol–water partition coefficient (Wildman–Crippen LogP) is 2.45. The Hall–Kier alpha value is -1.41. The number of hydrogen-bond donors (Lipinski definition) is 0. The minimum Gasteiger partial charge on any atom is -0.378 e. The largest absolute Gasteiger partial charge is 0.378 e. The molecule has 3 rings (SSSR count). The average molecular weight is 356 g/mol. The third-order valence-corrected chi connectivity index (χ3v) is 6.21. The van der Waals surface area contributed by atoms with Gasteiger partial charge in [-0.3, -0.25) is 0 Å². The molecule has 1 aromatic carbocycles. The molecule has 0 aliphatic carbocycles. The van der Waals surface area contributed by atoms with E-state index in [4.69, 9.17) is 16.3 Å². The molecule has 1 aliphatic rings. The first-order valence-electron chi connectivity index (χ1n) is 7.26. The molecular formula is C15H18ClN3O3S. The van der Waals surface area contributed by atoms with E-state index in [-0.39, 0.29) is 10.9 Å². The van der Waals surface area contributed by atoms with Gasteiger partial charge in [-0.1, -0.05) is 17.7 Å². The van der Waals surface area contributed by atoms with Crippen LogP contribution >= 0.6 is 11.6 Å². The third kappa shape index (κ3) is 2.89. The Balaban J connectivity index is 1.96. The zero-order chi connectivity index (χ0) is 16.6. The quantitative estimate of drug-likeness (QED) is 0.845. The number of rotatable bonds is 4. The van der Waals surface area contributed by atoms with E-state index < -0.39 is 10.0 Å². The Morgan fingerprint density at radius 3 is 2.87 bits per heavy atom. The maximum absolute atomic E-state index is 12.9. The fraction of sp³-hybridized carbons (Fsp3) is 0.400. The molecule has 0 bridgehead atoms. The first-order valence-corrected chi connectivity index (χ1v) is 9.07. The molecule has 2 aromatic rings. The number of methoxy groups -OCH3 is 1. The average Bonchev–Trinajstić information content (AvgIpc) is 2.92. The fourth-order valence-corrected chi connectivity index (χ4v) is 4.78. The van der Waals surface area contributed by atoms with Crippen molar-refractivity contribution in [3.8, 4) is 0 Å². The van der Waals surface area contributed by atoms with Crippen molar-refractivity contribution >= 4 is 21.6 Å². The van der Waals surface area contributed by atoms with Gasteiger partial charge in [0.15, 0.2) is 0 Å². The van der Waals surface area contributed by atoms with Crippen molar-refractivity contribution in [1.29, 1.82) is 0 Å². The fourth-order valence-electron chi connectivity index (χ4n) is 2.89. The monoisotopic (exact) mass is 355 g/mol. The molecule has 2 heterocycles. The zero-order valence-corrected chi connectivity index (χ0v) is 14.5. The molecule has 1 aromatic heterocycles. The van der Waals surface area contributed by atoms with Crippen LogP contribution in [0.5, 0.6) is 0 Å². The van der Waals surface area contributed by atoms with Crippen LogP contribution in [0.4, 0.5) is 0 Å². The summed E-state index contributed by atoms with van der Waals surface area (Å²) in [5, 5.41) is 0.402. The van der Waals surface area contributed by atoms with Crippen molar-refractivity contribution in [2.24, 2.45) is 0 Å². The highest BCUT2D eigenvalue weighted by Crippen LogP contribution is 2.31. The molecule has 1 atom stereocenters. The minimum atomic E-state index is -3.62. The van der Waals surface area contributed by atoms with Gasteiger partial charge < -0.3 is 9.30 Å². The molecule has 0 saturated heterocycles. The second-order valence-electron chi connectivity index (χ2n) is 5.44. The van der Waals surface area contributed by atoms with E-state index in [1.54, 1.807) is 31.5 Å². The Labute approximate surface area is 140 Å². The normalized spacial score (nSPS) is 18.8. The summed E-state index contributed by atoms with van der Waals surface area (Å²) >= 11 is 5.93. The standard InChI is InChI=1S/C15H18ClN3O3S/c1-11-15-17-9-13(10-22-2)18(15)6-7-19(11)23(20,21)14-5-3-4-12(16)8-14/h3-5,8-9,11H,6-7,10H2,1-2H3/t11-/m0/s1. The van der Waals surface area contributed by atoms with E-state index in [0.717, 1.165) is 11.5 Å². The molecule has 0 N–H and O–H groups in total. The Morgan fingerprint density at radius 1 is 1.39 bits per heavy atom. The van der Waals surface area contributed by atoms with Crippen molar-refractivity contribution in [3.63, 3.8) is 0 Å². The van der Waals surface area contributed by atoms with Gasteiger partial charge >= 0.3 is 0 Å². The Kier molecular flexibility index (Phi) is 4.46. The molecule has 124 valence electrons. The number of ether oxygens (including phenoxy) is 1. The number of nitrogens with zero attached hydrogens (tertiary/aromatic N) is 3. The summed E-state index contributed by atoms with van der Waals surface area (Å²) in [6.07, 6.45) is 1.74.